The first-order valence-electron chi connectivity index (χ1n) is 5.58. The molecule has 10 heteroatoms. The Hall–Kier alpha value is -1.52. The number of ether oxygens (including phenoxy) is 1. The van der Waals surface area contributed by atoms with Crippen LogP contribution < -0.4 is 0 Å². The molecule has 0 saturated carbocycles. The van der Waals surface area contributed by atoms with E-state index in [1.54, 1.807) is 0 Å². The second-order valence-electron chi connectivity index (χ2n) is 4.03. The number of carboxylic acids is 1. The Kier molecular flexibility index (Phi) is 4.06. The SMILES string of the molecule is O=C(O)c1ccnc(S(=O)(=O)N=S2(=O)CCOCC2)c1. The maximum Gasteiger partial charge on any atom is 0.335 e. The molecule has 2 rings (SSSR count). The number of aromatic nitrogens is 1. The van der Waals surface area contributed by atoms with Crippen LogP contribution in [-0.4, -0.2) is 53.4 Å². The van der Waals surface area contributed by atoms with Crippen molar-refractivity contribution in [2.24, 2.45) is 3.77 Å². The molecule has 0 aliphatic carbocycles. The van der Waals surface area contributed by atoms with Crippen molar-refractivity contribution in [3.63, 3.8) is 0 Å². The molecule has 1 fully saturated rings. The molecule has 2 heterocycles. The van der Waals surface area contributed by atoms with Crippen LogP contribution in [0.2, 0.25) is 0 Å². The van der Waals surface area contributed by atoms with Crippen LogP contribution in [-0.2, 0) is 24.5 Å². The fourth-order valence-electron chi connectivity index (χ4n) is 1.56. The summed E-state index contributed by atoms with van der Waals surface area (Å²) in [6.07, 6.45) is 1.06. The quantitative estimate of drug-likeness (QED) is 0.829. The summed E-state index contributed by atoms with van der Waals surface area (Å²) in [4.78, 5) is 14.4. The van der Waals surface area contributed by atoms with Gasteiger partial charge in [-0.3, -0.25) is 0 Å². The molecule has 1 N–H and O–H groups in total. The Morgan fingerprint density at radius 1 is 1.40 bits per heavy atom. The molecular weight excluding hydrogens is 308 g/mol. The smallest absolute Gasteiger partial charge is 0.335 e. The Morgan fingerprint density at radius 3 is 2.65 bits per heavy atom. The number of rotatable bonds is 3. The van der Waals surface area contributed by atoms with Gasteiger partial charge in [0.1, 0.15) is 0 Å². The molecule has 0 radical (unpaired) electrons. The standard InChI is InChI=1S/C10H12N2O6S2/c13-10(14)8-1-2-11-9(7-8)20(16,17)12-19(15)5-3-18-4-6-19/h1-2,7H,3-6H2,(H,13,14). The molecule has 0 unspecified atom stereocenters. The highest BCUT2D eigenvalue weighted by Crippen LogP contribution is 2.15. The Labute approximate surface area is 116 Å². The number of carboxylic acid groups (broad SMARTS) is 1. The number of hydrogen-bond acceptors (Lipinski definition) is 6. The van der Waals surface area contributed by atoms with Crippen LogP contribution in [0.5, 0.6) is 0 Å². The summed E-state index contributed by atoms with van der Waals surface area (Å²) in [5.74, 6) is -1.21. The molecule has 1 aliphatic heterocycles. The van der Waals surface area contributed by atoms with Gasteiger partial charge >= 0.3 is 16.0 Å². The minimum Gasteiger partial charge on any atom is -0.478 e. The number of aromatic carboxylic acids is 1. The van der Waals surface area contributed by atoms with Crippen LogP contribution >= 0.6 is 0 Å². The van der Waals surface area contributed by atoms with Crippen LogP contribution in [0.1, 0.15) is 10.4 Å². The highest BCUT2D eigenvalue weighted by molar-refractivity contribution is 8.03. The third-order valence-corrected chi connectivity index (χ3v) is 6.81. The van der Waals surface area contributed by atoms with Crippen molar-refractivity contribution in [1.82, 2.24) is 4.98 Å². The van der Waals surface area contributed by atoms with E-state index in [0.717, 1.165) is 18.3 Å². The summed E-state index contributed by atoms with van der Waals surface area (Å²) in [5.41, 5.74) is -0.226. The van der Waals surface area contributed by atoms with Crippen LogP contribution in [0.3, 0.4) is 0 Å². The normalized spacial score (nSPS) is 18.4. The second kappa shape index (κ2) is 5.46. The molecule has 0 amide bonds. The van der Waals surface area contributed by atoms with E-state index < -0.39 is 30.7 Å². The van der Waals surface area contributed by atoms with Gasteiger partial charge in [0.25, 0.3) is 0 Å². The van der Waals surface area contributed by atoms with E-state index >= 15 is 0 Å². The van der Waals surface area contributed by atoms with E-state index in [1.807, 2.05) is 0 Å². The first-order chi connectivity index (χ1) is 9.32. The molecule has 1 saturated heterocycles. The van der Waals surface area contributed by atoms with Crippen LogP contribution in [0.15, 0.2) is 27.1 Å². The number of nitrogens with zero attached hydrogens (tertiary/aromatic N) is 2. The predicted octanol–water partition coefficient (Wildman–Crippen LogP) is -0.0333. The Balaban J connectivity index is 2.45. The largest absolute Gasteiger partial charge is 0.478 e. The molecular formula is C10H12N2O6S2. The molecule has 8 nitrogen and oxygen atoms in total. The maximum absolute atomic E-state index is 12.2. The van der Waals surface area contributed by atoms with Crippen molar-refractivity contribution in [2.75, 3.05) is 24.7 Å². The van der Waals surface area contributed by atoms with E-state index in [-0.39, 0.29) is 30.3 Å². The molecule has 1 aromatic rings. The number of pyridine rings is 1. The summed E-state index contributed by atoms with van der Waals surface area (Å²) in [6, 6.07) is 2.05. The lowest BCUT2D eigenvalue weighted by Crippen LogP contribution is -2.26. The van der Waals surface area contributed by atoms with Crippen molar-refractivity contribution < 1.29 is 27.3 Å². The van der Waals surface area contributed by atoms with E-state index in [0.29, 0.717) is 0 Å². The summed E-state index contributed by atoms with van der Waals surface area (Å²) >= 11 is 0. The third kappa shape index (κ3) is 3.32. The Morgan fingerprint density at radius 2 is 2.05 bits per heavy atom. The van der Waals surface area contributed by atoms with Gasteiger partial charge in [0.15, 0.2) is 5.03 Å². The average molecular weight is 320 g/mol. The van der Waals surface area contributed by atoms with Crippen molar-refractivity contribution in [1.29, 1.82) is 0 Å². The Bertz CT molecular complexity index is 737. The summed E-state index contributed by atoms with van der Waals surface area (Å²) < 4.78 is 44.8. The average Bonchev–Trinajstić information content (AvgIpc) is 2.38. The van der Waals surface area contributed by atoms with Gasteiger partial charge in [-0.05, 0) is 12.1 Å². The fraction of sp³-hybridized carbons (Fsp3) is 0.400. The van der Waals surface area contributed by atoms with Gasteiger partial charge in [0.2, 0.25) is 0 Å². The molecule has 110 valence electrons. The topological polar surface area (TPSA) is 123 Å². The van der Waals surface area contributed by atoms with E-state index in [9.17, 15) is 17.4 Å². The fourth-order valence-corrected chi connectivity index (χ4v) is 5.32. The zero-order valence-corrected chi connectivity index (χ0v) is 11.9. The number of carbonyl (C=O) groups is 1. The molecule has 0 spiro atoms. The summed E-state index contributed by atoms with van der Waals surface area (Å²) in [6.45, 7) is 0.362. The highest BCUT2D eigenvalue weighted by atomic mass is 32.3. The van der Waals surface area contributed by atoms with Crippen LogP contribution in [0, 0.1) is 0 Å². The molecule has 0 bridgehead atoms. The molecule has 1 aliphatic rings. The van der Waals surface area contributed by atoms with Crippen molar-refractivity contribution >= 4 is 25.7 Å². The van der Waals surface area contributed by atoms with Gasteiger partial charge in [-0.2, -0.15) is 8.42 Å². The molecule has 20 heavy (non-hydrogen) atoms. The zero-order chi connectivity index (χ0) is 14.8. The van der Waals surface area contributed by atoms with Gasteiger partial charge in [-0.25, -0.2) is 14.0 Å². The lowest BCUT2D eigenvalue weighted by Gasteiger charge is -2.15. The lowest BCUT2D eigenvalue weighted by atomic mass is 10.3. The van der Waals surface area contributed by atoms with E-state index in [2.05, 4.69) is 8.75 Å². The van der Waals surface area contributed by atoms with Crippen molar-refractivity contribution in [2.45, 2.75) is 5.03 Å². The van der Waals surface area contributed by atoms with Gasteiger partial charge in [-0.1, -0.05) is 0 Å². The molecule has 0 aromatic carbocycles. The summed E-state index contributed by atoms with van der Waals surface area (Å²) in [7, 11) is -7.16. The van der Waals surface area contributed by atoms with Gasteiger partial charge in [0, 0.05) is 6.20 Å². The predicted molar refractivity (Wildman–Crippen MR) is 69.5 cm³/mol. The number of hydrogen-bond donors (Lipinski definition) is 1. The van der Waals surface area contributed by atoms with Gasteiger partial charge in [-0.15, -0.1) is 3.77 Å². The van der Waals surface area contributed by atoms with Crippen LogP contribution in [0.4, 0.5) is 0 Å². The van der Waals surface area contributed by atoms with E-state index in [1.165, 1.54) is 0 Å². The second-order valence-corrected chi connectivity index (χ2v) is 8.36. The highest BCUT2D eigenvalue weighted by Gasteiger charge is 2.23. The zero-order valence-electron chi connectivity index (χ0n) is 10.3. The first kappa shape index (κ1) is 14.9. The van der Waals surface area contributed by atoms with Crippen LogP contribution in [0.25, 0.3) is 0 Å². The maximum atomic E-state index is 12.2. The molecule has 0 atom stereocenters. The minimum absolute atomic E-state index is 0.0326. The van der Waals surface area contributed by atoms with Gasteiger partial charge in [0.05, 0.1) is 40.0 Å². The van der Waals surface area contributed by atoms with Crippen molar-refractivity contribution in [3.05, 3.63) is 23.9 Å². The lowest BCUT2D eigenvalue weighted by molar-refractivity contribution is 0.0696. The van der Waals surface area contributed by atoms with Crippen molar-refractivity contribution in [3.8, 4) is 0 Å². The molecule has 1 aromatic heterocycles. The number of sulfonamides is 1. The van der Waals surface area contributed by atoms with E-state index in [4.69, 9.17) is 9.84 Å². The van der Waals surface area contributed by atoms with Gasteiger partial charge < -0.3 is 9.84 Å². The monoisotopic (exact) mass is 320 g/mol. The first-order valence-corrected chi connectivity index (χ1v) is 8.88. The third-order valence-electron chi connectivity index (χ3n) is 2.57. The minimum atomic E-state index is -4.25. The summed E-state index contributed by atoms with van der Waals surface area (Å²) in [5, 5.41) is 8.30.